The van der Waals surface area contributed by atoms with E-state index in [1.807, 2.05) is 23.6 Å². The Labute approximate surface area is 169 Å². The molecule has 0 saturated heterocycles. The third-order valence-electron chi connectivity index (χ3n) is 4.46. The van der Waals surface area contributed by atoms with Crippen LogP contribution in [0.4, 0.5) is 11.4 Å². The lowest BCUT2D eigenvalue weighted by atomic mass is 10.0. The van der Waals surface area contributed by atoms with Crippen molar-refractivity contribution < 1.29 is 14.6 Å². The Morgan fingerprint density at radius 3 is 2.24 bits per heavy atom. The monoisotopic (exact) mass is 414 g/mol. The van der Waals surface area contributed by atoms with Crippen LogP contribution in [0, 0.1) is 20.2 Å². The number of thiazole rings is 1. The Balaban J connectivity index is 2.15. The van der Waals surface area contributed by atoms with Crippen molar-refractivity contribution in [3.05, 3.63) is 72.6 Å². The van der Waals surface area contributed by atoms with Gasteiger partial charge in [-0.05, 0) is 30.5 Å². The molecule has 0 N–H and O–H groups in total. The highest BCUT2D eigenvalue weighted by molar-refractivity contribution is 7.16. The molecule has 0 bridgehead atoms. The Morgan fingerprint density at radius 1 is 1.10 bits per heavy atom. The number of nitro groups is 2. The third-order valence-corrected chi connectivity index (χ3v) is 5.50. The van der Waals surface area contributed by atoms with Gasteiger partial charge in [-0.25, -0.2) is 0 Å². The van der Waals surface area contributed by atoms with Crippen LogP contribution < -0.4 is 4.80 Å². The van der Waals surface area contributed by atoms with Crippen LogP contribution in [0.15, 0.2) is 41.4 Å². The molecule has 29 heavy (non-hydrogen) atoms. The molecule has 2 aromatic carbocycles. The summed E-state index contributed by atoms with van der Waals surface area (Å²) >= 11 is 1.33. The zero-order chi connectivity index (χ0) is 21.3. The number of nitrogens with zero attached hydrogens (tertiary/aromatic N) is 4. The smallest absolute Gasteiger partial charge is 0.280 e. The second-order valence-electron chi connectivity index (χ2n) is 6.68. The van der Waals surface area contributed by atoms with Crippen LogP contribution in [0.25, 0.3) is 10.2 Å². The normalized spacial score (nSPS) is 11.9. The molecule has 3 aromatic rings. The van der Waals surface area contributed by atoms with Crippen LogP contribution in [0.2, 0.25) is 0 Å². The Kier molecular flexibility index (Phi) is 5.55. The summed E-state index contributed by atoms with van der Waals surface area (Å²) in [5.74, 6) is -0.418. The molecule has 150 valence electrons. The predicted molar refractivity (Wildman–Crippen MR) is 109 cm³/mol. The zero-order valence-corrected chi connectivity index (χ0v) is 16.8. The van der Waals surface area contributed by atoms with Crippen LogP contribution in [-0.4, -0.2) is 20.3 Å². The fraction of sp³-hybridized carbons (Fsp3) is 0.263. The largest absolute Gasteiger partial charge is 0.317 e. The number of fused-ring (bicyclic) bond motifs is 1. The standard InChI is InChI=1S/C19H18N4O5S/c1-4-21-16-6-5-12(11(2)3)9-17(16)29-19(21)20-18(24)13-7-14(22(25)26)10-15(8-13)23(27)28/h5-11H,4H2,1-3H3. The predicted octanol–water partition coefficient (Wildman–Crippen LogP) is 4.40. The molecule has 10 heteroatoms. The van der Waals surface area contributed by atoms with Crippen molar-refractivity contribution in [1.82, 2.24) is 4.57 Å². The second kappa shape index (κ2) is 7.92. The van der Waals surface area contributed by atoms with E-state index in [1.165, 1.54) is 11.3 Å². The fourth-order valence-corrected chi connectivity index (χ4v) is 4.06. The summed E-state index contributed by atoms with van der Waals surface area (Å²) in [4.78, 5) is 37.8. The van der Waals surface area contributed by atoms with Crippen LogP contribution in [-0.2, 0) is 6.54 Å². The molecule has 0 atom stereocenters. The first-order chi connectivity index (χ1) is 13.7. The highest BCUT2D eigenvalue weighted by atomic mass is 32.1. The number of carbonyl (C=O) groups is 1. The molecule has 0 aliphatic carbocycles. The molecule has 1 aromatic heterocycles. The van der Waals surface area contributed by atoms with Crippen molar-refractivity contribution in [2.75, 3.05) is 0 Å². The lowest BCUT2D eigenvalue weighted by Crippen LogP contribution is -2.16. The van der Waals surface area contributed by atoms with Gasteiger partial charge in [0.2, 0.25) is 0 Å². The molecule has 1 heterocycles. The van der Waals surface area contributed by atoms with Crippen LogP contribution >= 0.6 is 11.3 Å². The zero-order valence-electron chi connectivity index (χ0n) is 16.0. The van der Waals surface area contributed by atoms with Gasteiger partial charge in [-0.1, -0.05) is 31.3 Å². The molecule has 0 aliphatic rings. The first-order valence-corrected chi connectivity index (χ1v) is 9.69. The topological polar surface area (TPSA) is 121 Å². The van der Waals surface area contributed by atoms with Crippen LogP contribution in [0.1, 0.15) is 42.6 Å². The minimum absolute atomic E-state index is 0.200. The first kappa shape index (κ1) is 20.3. The van der Waals surface area contributed by atoms with E-state index in [4.69, 9.17) is 0 Å². The van der Waals surface area contributed by atoms with Crippen LogP contribution in [0.5, 0.6) is 0 Å². The molecule has 0 unspecified atom stereocenters. The SMILES string of the molecule is CCn1c(=NC(=O)c2cc([N+](=O)[O-])cc([N+](=O)[O-])c2)sc2cc(C(C)C)ccc21. The van der Waals surface area contributed by atoms with Gasteiger partial charge in [0, 0.05) is 18.7 Å². The van der Waals surface area contributed by atoms with Crippen molar-refractivity contribution in [3.63, 3.8) is 0 Å². The maximum atomic E-state index is 12.7. The van der Waals surface area contributed by atoms with Gasteiger partial charge in [0.05, 0.1) is 31.7 Å². The number of rotatable bonds is 5. The number of carbonyl (C=O) groups excluding carboxylic acids is 1. The summed E-state index contributed by atoms with van der Waals surface area (Å²) in [6, 6.07) is 8.88. The maximum absolute atomic E-state index is 12.7. The van der Waals surface area contributed by atoms with Gasteiger partial charge in [0.1, 0.15) is 0 Å². The molecule has 9 nitrogen and oxygen atoms in total. The summed E-state index contributed by atoms with van der Waals surface area (Å²) in [7, 11) is 0. The van der Waals surface area contributed by atoms with E-state index in [2.05, 4.69) is 24.9 Å². The van der Waals surface area contributed by atoms with E-state index in [0.29, 0.717) is 17.3 Å². The highest BCUT2D eigenvalue weighted by Crippen LogP contribution is 2.25. The molecule has 3 rings (SSSR count). The van der Waals surface area contributed by atoms with E-state index >= 15 is 0 Å². The van der Waals surface area contributed by atoms with E-state index in [-0.39, 0.29) is 5.56 Å². The second-order valence-corrected chi connectivity index (χ2v) is 7.69. The number of aromatic nitrogens is 1. The first-order valence-electron chi connectivity index (χ1n) is 8.87. The van der Waals surface area contributed by atoms with Crippen LogP contribution in [0.3, 0.4) is 0 Å². The van der Waals surface area contributed by atoms with Gasteiger partial charge in [-0.15, -0.1) is 0 Å². The van der Waals surface area contributed by atoms with Gasteiger partial charge in [-0.3, -0.25) is 25.0 Å². The minimum atomic E-state index is -0.775. The van der Waals surface area contributed by atoms with Crippen molar-refractivity contribution in [2.45, 2.75) is 33.2 Å². The minimum Gasteiger partial charge on any atom is -0.317 e. The van der Waals surface area contributed by atoms with Crippen molar-refractivity contribution in [1.29, 1.82) is 0 Å². The van der Waals surface area contributed by atoms with Crippen molar-refractivity contribution in [2.24, 2.45) is 4.99 Å². The lowest BCUT2D eigenvalue weighted by Gasteiger charge is -2.05. The Morgan fingerprint density at radius 2 is 1.72 bits per heavy atom. The van der Waals surface area contributed by atoms with E-state index in [0.717, 1.165) is 34.0 Å². The Hall–Kier alpha value is -3.40. The number of aryl methyl sites for hydroxylation is 1. The fourth-order valence-electron chi connectivity index (χ4n) is 2.92. The number of nitro benzene ring substituents is 2. The molecule has 0 saturated carbocycles. The summed E-state index contributed by atoms with van der Waals surface area (Å²) in [5.41, 5.74) is 0.833. The highest BCUT2D eigenvalue weighted by Gasteiger charge is 2.20. The molecule has 0 aliphatic heterocycles. The van der Waals surface area contributed by atoms with Gasteiger partial charge < -0.3 is 4.57 Å². The average molecular weight is 414 g/mol. The third kappa shape index (κ3) is 4.06. The number of non-ortho nitro benzene ring substituents is 2. The average Bonchev–Trinajstić information content (AvgIpc) is 3.03. The van der Waals surface area contributed by atoms with Gasteiger partial charge in [0.25, 0.3) is 17.3 Å². The summed E-state index contributed by atoms with van der Waals surface area (Å²) < 4.78 is 2.84. The van der Waals surface area contributed by atoms with Gasteiger partial charge >= 0.3 is 0 Å². The summed E-state index contributed by atoms with van der Waals surface area (Å²) in [6.45, 7) is 6.67. The number of benzene rings is 2. The molecular formula is C19H18N4O5S. The quantitative estimate of drug-likeness (QED) is 0.452. The number of hydrogen-bond donors (Lipinski definition) is 0. The Bertz CT molecular complexity index is 1180. The van der Waals surface area contributed by atoms with E-state index in [9.17, 15) is 25.0 Å². The molecule has 1 amide bonds. The molecule has 0 spiro atoms. The summed E-state index contributed by atoms with van der Waals surface area (Å²) in [6.07, 6.45) is 0. The van der Waals surface area contributed by atoms with Gasteiger partial charge in [-0.2, -0.15) is 4.99 Å². The van der Waals surface area contributed by atoms with Gasteiger partial charge in [0.15, 0.2) is 4.80 Å². The molecule has 0 radical (unpaired) electrons. The van der Waals surface area contributed by atoms with E-state index in [1.54, 1.807) is 0 Å². The van der Waals surface area contributed by atoms with Crippen molar-refractivity contribution >= 4 is 38.8 Å². The number of amides is 1. The lowest BCUT2D eigenvalue weighted by molar-refractivity contribution is -0.394. The molecular weight excluding hydrogens is 396 g/mol. The number of hydrogen-bond acceptors (Lipinski definition) is 6. The molecule has 0 fully saturated rings. The van der Waals surface area contributed by atoms with Crippen molar-refractivity contribution in [3.8, 4) is 0 Å². The van der Waals surface area contributed by atoms with E-state index < -0.39 is 27.1 Å². The maximum Gasteiger partial charge on any atom is 0.280 e. The summed E-state index contributed by atoms with van der Waals surface area (Å²) in [5, 5.41) is 22.1.